The lowest BCUT2D eigenvalue weighted by Gasteiger charge is -2.07. The summed E-state index contributed by atoms with van der Waals surface area (Å²) < 4.78 is 33.7. The number of benzene rings is 1. The van der Waals surface area contributed by atoms with Gasteiger partial charge < -0.3 is 15.0 Å². The minimum atomic E-state index is -5.08. The van der Waals surface area contributed by atoms with Gasteiger partial charge in [0.2, 0.25) is 0 Å². The zero-order chi connectivity index (χ0) is 18.3. The van der Waals surface area contributed by atoms with Gasteiger partial charge in [-0.2, -0.15) is 13.2 Å². The summed E-state index contributed by atoms with van der Waals surface area (Å²) in [5.74, 6) is -0.846. The molecule has 0 amide bonds. The van der Waals surface area contributed by atoms with E-state index in [4.69, 9.17) is 9.90 Å². The Balaban J connectivity index is 0.000000351. The van der Waals surface area contributed by atoms with Crippen molar-refractivity contribution in [3.63, 3.8) is 0 Å². The predicted octanol–water partition coefficient (Wildman–Crippen LogP) is 2.36. The third kappa shape index (κ3) is 5.99. The van der Waals surface area contributed by atoms with E-state index in [0.29, 0.717) is 0 Å². The van der Waals surface area contributed by atoms with Crippen LogP contribution in [0.1, 0.15) is 22.8 Å². The van der Waals surface area contributed by atoms with E-state index >= 15 is 0 Å². The van der Waals surface area contributed by atoms with Crippen molar-refractivity contribution in [1.82, 2.24) is 20.1 Å². The summed E-state index contributed by atoms with van der Waals surface area (Å²) in [5.41, 5.74) is 2.64. The third-order valence-corrected chi connectivity index (χ3v) is 3.29. The molecule has 9 heteroatoms. The predicted molar refractivity (Wildman–Crippen MR) is 81.2 cm³/mol. The van der Waals surface area contributed by atoms with Crippen LogP contribution >= 0.6 is 0 Å². The van der Waals surface area contributed by atoms with Crippen LogP contribution in [0, 0.1) is 13.8 Å². The minimum absolute atomic E-state index is 0.742. The summed E-state index contributed by atoms with van der Waals surface area (Å²) in [4.78, 5) is 8.90. The van der Waals surface area contributed by atoms with Crippen molar-refractivity contribution in [2.75, 3.05) is 0 Å². The van der Waals surface area contributed by atoms with Crippen LogP contribution in [0.25, 0.3) is 0 Å². The van der Waals surface area contributed by atoms with Crippen LogP contribution in [-0.4, -0.2) is 32.0 Å². The van der Waals surface area contributed by atoms with Crippen LogP contribution in [0.2, 0.25) is 0 Å². The van der Waals surface area contributed by atoms with Gasteiger partial charge in [-0.25, -0.2) is 4.79 Å². The Kier molecular flexibility index (Phi) is 6.90. The lowest BCUT2D eigenvalue weighted by atomic mass is 10.1. The number of nitrogens with one attached hydrogen (secondary N) is 1. The fourth-order valence-corrected chi connectivity index (χ4v) is 1.72. The normalized spacial score (nSPS) is 10.9. The highest BCUT2D eigenvalue weighted by molar-refractivity contribution is 5.73. The first-order valence-corrected chi connectivity index (χ1v) is 7.03. The number of carboxylic acids is 1. The number of hydrogen-bond donors (Lipinski definition) is 2. The second kappa shape index (κ2) is 8.44. The Morgan fingerprint density at radius 3 is 2.25 bits per heavy atom. The van der Waals surface area contributed by atoms with E-state index in [0.717, 1.165) is 24.7 Å². The van der Waals surface area contributed by atoms with Crippen LogP contribution in [0.15, 0.2) is 24.3 Å². The molecule has 0 aliphatic carbocycles. The van der Waals surface area contributed by atoms with Crippen LogP contribution in [0.5, 0.6) is 0 Å². The number of hydrogen-bond acceptors (Lipinski definition) is 4. The number of carboxylic acid groups (broad SMARTS) is 1. The maximum atomic E-state index is 10.6. The molecule has 0 radical (unpaired) electrons. The number of alkyl halides is 3. The zero-order valence-corrected chi connectivity index (χ0v) is 13.6. The SMILES string of the molecule is Cc1ccccc1CNCc1nnc(C)n1C.O=C(O)C(F)(F)F. The fourth-order valence-electron chi connectivity index (χ4n) is 1.72. The molecule has 0 bridgehead atoms. The molecule has 0 saturated heterocycles. The van der Waals surface area contributed by atoms with Crippen molar-refractivity contribution in [3.05, 3.63) is 47.0 Å². The maximum Gasteiger partial charge on any atom is 0.490 e. The lowest BCUT2D eigenvalue weighted by molar-refractivity contribution is -0.192. The summed E-state index contributed by atoms with van der Waals surface area (Å²) in [6, 6.07) is 8.40. The molecule has 0 fully saturated rings. The summed E-state index contributed by atoms with van der Waals surface area (Å²) in [7, 11) is 1.99. The molecule has 0 aliphatic rings. The summed E-state index contributed by atoms with van der Waals surface area (Å²) in [5, 5.41) is 18.7. The smallest absolute Gasteiger partial charge is 0.475 e. The number of nitrogens with zero attached hydrogens (tertiary/aromatic N) is 3. The van der Waals surface area contributed by atoms with Gasteiger partial charge in [0.1, 0.15) is 11.6 Å². The molecular formula is C15H19F3N4O2. The van der Waals surface area contributed by atoms with Crippen molar-refractivity contribution in [3.8, 4) is 0 Å². The first-order chi connectivity index (χ1) is 11.1. The molecule has 0 aliphatic heterocycles. The van der Waals surface area contributed by atoms with Gasteiger partial charge in [0.05, 0.1) is 6.54 Å². The van der Waals surface area contributed by atoms with Gasteiger partial charge in [0, 0.05) is 13.6 Å². The average molecular weight is 344 g/mol. The maximum absolute atomic E-state index is 10.6. The molecule has 1 aromatic heterocycles. The second-order valence-corrected chi connectivity index (χ2v) is 5.06. The van der Waals surface area contributed by atoms with E-state index in [9.17, 15) is 13.2 Å². The largest absolute Gasteiger partial charge is 0.490 e. The summed E-state index contributed by atoms with van der Waals surface area (Å²) in [6.07, 6.45) is -5.08. The van der Waals surface area contributed by atoms with E-state index < -0.39 is 12.1 Å². The molecule has 24 heavy (non-hydrogen) atoms. The molecule has 0 atom stereocenters. The van der Waals surface area contributed by atoms with E-state index in [1.54, 1.807) is 0 Å². The first-order valence-electron chi connectivity index (χ1n) is 7.03. The van der Waals surface area contributed by atoms with Crippen LogP contribution < -0.4 is 5.32 Å². The molecule has 132 valence electrons. The van der Waals surface area contributed by atoms with E-state index in [1.807, 2.05) is 18.5 Å². The topological polar surface area (TPSA) is 80.0 Å². The number of carbonyl (C=O) groups is 1. The molecular weight excluding hydrogens is 325 g/mol. The van der Waals surface area contributed by atoms with Gasteiger partial charge in [-0.05, 0) is 25.0 Å². The number of aromatic nitrogens is 3. The van der Waals surface area contributed by atoms with E-state index in [-0.39, 0.29) is 0 Å². The van der Waals surface area contributed by atoms with Crippen LogP contribution in [0.4, 0.5) is 13.2 Å². The third-order valence-electron chi connectivity index (χ3n) is 3.29. The minimum Gasteiger partial charge on any atom is -0.475 e. The van der Waals surface area contributed by atoms with Crippen LogP contribution in [0.3, 0.4) is 0 Å². The van der Waals surface area contributed by atoms with Crippen molar-refractivity contribution in [1.29, 1.82) is 0 Å². The Labute approximate surface area is 137 Å². The summed E-state index contributed by atoms with van der Waals surface area (Å²) >= 11 is 0. The molecule has 6 nitrogen and oxygen atoms in total. The Morgan fingerprint density at radius 1 is 1.21 bits per heavy atom. The quantitative estimate of drug-likeness (QED) is 0.890. The molecule has 2 aromatic rings. The van der Waals surface area contributed by atoms with Gasteiger partial charge in [0.15, 0.2) is 0 Å². The van der Waals surface area contributed by atoms with Crippen molar-refractivity contribution in [2.45, 2.75) is 33.1 Å². The van der Waals surface area contributed by atoms with Gasteiger partial charge in [-0.1, -0.05) is 24.3 Å². The molecule has 2 N–H and O–H groups in total. The Morgan fingerprint density at radius 2 is 1.79 bits per heavy atom. The van der Waals surface area contributed by atoms with Gasteiger partial charge in [-0.3, -0.25) is 0 Å². The molecule has 0 spiro atoms. The number of aryl methyl sites for hydroxylation is 2. The zero-order valence-electron chi connectivity index (χ0n) is 13.6. The average Bonchev–Trinajstić information content (AvgIpc) is 2.81. The standard InChI is InChI=1S/C13H18N4.C2HF3O2/c1-10-6-4-5-7-12(10)8-14-9-13-16-15-11(2)17(13)3;3-2(4,5)1(6)7/h4-7,14H,8-9H2,1-3H3;(H,6,7). The monoisotopic (exact) mass is 344 g/mol. The van der Waals surface area contributed by atoms with E-state index in [2.05, 4.69) is 46.7 Å². The Bertz CT molecular complexity index is 684. The van der Waals surface area contributed by atoms with Crippen molar-refractivity contribution in [2.24, 2.45) is 7.05 Å². The molecule has 1 aromatic carbocycles. The van der Waals surface area contributed by atoms with Gasteiger partial charge >= 0.3 is 12.1 Å². The summed E-state index contributed by atoms with van der Waals surface area (Å²) in [6.45, 7) is 5.69. The van der Waals surface area contributed by atoms with Crippen molar-refractivity contribution < 1.29 is 23.1 Å². The first kappa shape index (κ1) is 19.6. The lowest BCUT2D eigenvalue weighted by Crippen LogP contribution is -2.21. The van der Waals surface area contributed by atoms with Gasteiger partial charge in [0.25, 0.3) is 0 Å². The second-order valence-electron chi connectivity index (χ2n) is 5.06. The highest BCUT2D eigenvalue weighted by atomic mass is 19.4. The number of halogens is 3. The highest BCUT2D eigenvalue weighted by Crippen LogP contribution is 2.13. The fraction of sp³-hybridized carbons (Fsp3) is 0.400. The molecule has 0 saturated carbocycles. The van der Waals surface area contributed by atoms with Crippen molar-refractivity contribution >= 4 is 5.97 Å². The molecule has 2 rings (SSSR count). The number of aliphatic carboxylic acids is 1. The molecule has 0 unspecified atom stereocenters. The van der Waals surface area contributed by atoms with Crippen LogP contribution in [-0.2, 0) is 24.9 Å². The highest BCUT2D eigenvalue weighted by Gasteiger charge is 2.38. The number of rotatable bonds is 4. The van der Waals surface area contributed by atoms with Gasteiger partial charge in [-0.15, -0.1) is 10.2 Å². The van der Waals surface area contributed by atoms with E-state index in [1.165, 1.54) is 11.1 Å². The Hall–Kier alpha value is -2.42. The molecule has 1 heterocycles.